The summed E-state index contributed by atoms with van der Waals surface area (Å²) in [6.07, 6.45) is 4.26. The van der Waals surface area contributed by atoms with Crippen LogP contribution in [-0.2, 0) is 10.2 Å². The second-order valence-corrected chi connectivity index (χ2v) is 8.41. The van der Waals surface area contributed by atoms with E-state index in [1.54, 1.807) is 18.3 Å². The van der Waals surface area contributed by atoms with Crippen LogP contribution in [0.4, 0.5) is 0 Å². The highest BCUT2D eigenvalue weighted by molar-refractivity contribution is 7.12. The molecular weight excluding hydrogens is 282 g/mol. The molecule has 0 aromatic carbocycles. The van der Waals surface area contributed by atoms with Crippen LogP contribution in [0.15, 0.2) is 12.1 Å². The predicted molar refractivity (Wildman–Crippen MR) is 87.6 cm³/mol. The molecule has 0 bridgehead atoms. The van der Waals surface area contributed by atoms with Gasteiger partial charge in [-0.3, -0.25) is 4.79 Å². The Kier molecular flexibility index (Phi) is 4.79. The molecular formula is C17H27NO2S. The third-order valence-corrected chi connectivity index (χ3v) is 5.89. The van der Waals surface area contributed by atoms with Gasteiger partial charge in [0.2, 0.25) is 5.91 Å². The number of thiophene rings is 1. The fraction of sp³-hybridized carbons (Fsp3) is 0.706. The van der Waals surface area contributed by atoms with Crippen LogP contribution in [0.3, 0.4) is 0 Å². The highest BCUT2D eigenvalue weighted by atomic mass is 32.1. The van der Waals surface area contributed by atoms with Crippen LogP contribution in [0.1, 0.15) is 69.2 Å². The van der Waals surface area contributed by atoms with E-state index in [9.17, 15) is 9.90 Å². The van der Waals surface area contributed by atoms with Crippen LogP contribution < -0.4 is 5.32 Å². The fourth-order valence-electron chi connectivity index (χ4n) is 2.94. The lowest BCUT2D eigenvalue weighted by atomic mass is 9.84. The summed E-state index contributed by atoms with van der Waals surface area (Å²) in [5.74, 6) is 0.112. The van der Waals surface area contributed by atoms with Gasteiger partial charge >= 0.3 is 0 Å². The summed E-state index contributed by atoms with van der Waals surface area (Å²) in [4.78, 5) is 14.5. The summed E-state index contributed by atoms with van der Waals surface area (Å²) in [5.41, 5.74) is -0.279. The first-order valence-electron chi connectivity index (χ1n) is 7.81. The standard InChI is InChI=1S/C17H27NO2S/c1-12(19)13-7-8-14(21-13)17(9-5-6-10-17)11-18-15(20)16(2,3)4/h7-8,12,19H,5-6,9-11H2,1-4H3,(H,18,20). The minimum atomic E-state index is -0.411. The summed E-state index contributed by atoms with van der Waals surface area (Å²) in [6.45, 7) is 8.35. The summed E-state index contributed by atoms with van der Waals surface area (Å²) in [6, 6.07) is 4.16. The third kappa shape index (κ3) is 3.67. The largest absolute Gasteiger partial charge is 0.388 e. The van der Waals surface area contributed by atoms with Crippen LogP contribution in [0.25, 0.3) is 0 Å². The average Bonchev–Trinajstić information content (AvgIpc) is 3.04. The molecule has 0 radical (unpaired) electrons. The maximum atomic E-state index is 12.2. The zero-order valence-electron chi connectivity index (χ0n) is 13.5. The van der Waals surface area contributed by atoms with Gasteiger partial charge in [0.1, 0.15) is 0 Å². The van der Waals surface area contributed by atoms with Crippen molar-refractivity contribution in [2.45, 2.75) is 64.9 Å². The van der Waals surface area contributed by atoms with Gasteiger partial charge in [0.25, 0.3) is 0 Å². The first-order chi connectivity index (χ1) is 9.74. The normalized spacial score (nSPS) is 19.5. The summed E-state index contributed by atoms with van der Waals surface area (Å²) in [7, 11) is 0. The number of amides is 1. The lowest BCUT2D eigenvalue weighted by Crippen LogP contribution is -2.43. The van der Waals surface area contributed by atoms with Crippen LogP contribution >= 0.6 is 11.3 Å². The van der Waals surface area contributed by atoms with E-state index in [4.69, 9.17) is 0 Å². The van der Waals surface area contributed by atoms with Gasteiger partial charge in [0.05, 0.1) is 6.10 Å². The molecule has 1 aliphatic rings. The van der Waals surface area contributed by atoms with E-state index in [1.165, 1.54) is 17.7 Å². The Balaban J connectivity index is 2.15. The van der Waals surface area contributed by atoms with Crippen molar-refractivity contribution in [2.75, 3.05) is 6.54 Å². The van der Waals surface area contributed by atoms with Crippen molar-refractivity contribution in [1.82, 2.24) is 5.32 Å². The van der Waals surface area contributed by atoms with Crippen LogP contribution in [0.2, 0.25) is 0 Å². The fourth-order valence-corrected chi connectivity index (χ4v) is 4.13. The van der Waals surface area contributed by atoms with E-state index in [2.05, 4.69) is 11.4 Å². The number of hydrogen-bond donors (Lipinski definition) is 2. The molecule has 0 saturated heterocycles. The molecule has 118 valence electrons. The molecule has 3 nitrogen and oxygen atoms in total. The van der Waals surface area contributed by atoms with Gasteiger partial charge in [0.15, 0.2) is 0 Å². The topological polar surface area (TPSA) is 49.3 Å². The lowest BCUT2D eigenvalue weighted by molar-refractivity contribution is -0.128. The molecule has 1 amide bonds. The summed E-state index contributed by atoms with van der Waals surface area (Å²) in [5, 5.41) is 12.9. The molecule has 1 aromatic heterocycles. The van der Waals surface area contributed by atoms with E-state index < -0.39 is 6.10 Å². The predicted octanol–water partition coefficient (Wildman–Crippen LogP) is 3.78. The van der Waals surface area contributed by atoms with E-state index in [-0.39, 0.29) is 16.7 Å². The summed E-state index contributed by atoms with van der Waals surface area (Å²) < 4.78 is 0. The first-order valence-corrected chi connectivity index (χ1v) is 8.63. The van der Waals surface area contributed by atoms with Gasteiger partial charge in [-0.1, -0.05) is 33.6 Å². The second kappa shape index (κ2) is 6.09. The van der Waals surface area contributed by atoms with Crippen molar-refractivity contribution in [1.29, 1.82) is 0 Å². The molecule has 1 unspecified atom stereocenters. The van der Waals surface area contributed by atoms with Crippen molar-refractivity contribution < 1.29 is 9.90 Å². The number of carbonyl (C=O) groups is 1. The van der Waals surface area contributed by atoms with E-state index in [0.29, 0.717) is 6.54 Å². The number of nitrogens with one attached hydrogen (secondary N) is 1. The monoisotopic (exact) mass is 309 g/mol. The average molecular weight is 309 g/mol. The van der Waals surface area contributed by atoms with E-state index in [0.717, 1.165) is 17.7 Å². The Bertz CT molecular complexity index is 493. The van der Waals surface area contributed by atoms with Gasteiger partial charge < -0.3 is 10.4 Å². The van der Waals surface area contributed by atoms with Gasteiger partial charge in [-0.15, -0.1) is 11.3 Å². The SMILES string of the molecule is CC(O)c1ccc(C2(CNC(=O)C(C)(C)C)CCCC2)s1. The van der Waals surface area contributed by atoms with Crippen molar-refractivity contribution >= 4 is 17.2 Å². The molecule has 2 N–H and O–H groups in total. The van der Waals surface area contributed by atoms with Crippen molar-refractivity contribution in [3.05, 3.63) is 21.9 Å². The number of hydrogen-bond acceptors (Lipinski definition) is 3. The quantitative estimate of drug-likeness (QED) is 0.889. The minimum Gasteiger partial charge on any atom is -0.388 e. The Morgan fingerprint density at radius 2 is 2.00 bits per heavy atom. The Morgan fingerprint density at radius 1 is 1.38 bits per heavy atom. The van der Waals surface area contributed by atoms with Gasteiger partial charge in [-0.25, -0.2) is 0 Å². The molecule has 1 aliphatic carbocycles. The first kappa shape index (κ1) is 16.5. The van der Waals surface area contributed by atoms with E-state index in [1.807, 2.05) is 26.8 Å². The summed E-state index contributed by atoms with van der Waals surface area (Å²) >= 11 is 1.69. The van der Waals surface area contributed by atoms with Crippen molar-refractivity contribution in [3.63, 3.8) is 0 Å². The van der Waals surface area contributed by atoms with Crippen molar-refractivity contribution in [3.8, 4) is 0 Å². The Hall–Kier alpha value is -0.870. The van der Waals surface area contributed by atoms with E-state index >= 15 is 0 Å². The van der Waals surface area contributed by atoms with Crippen LogP contribution in [-0.4, -0.2) is 17.6 Å². The van der Waals surface area contributed by atoms with Gasteiger partial charge in [-0.05, 0) is 31.9 Å². The lowest BCUT2D eigenvalue weighted by Gasteiger charge is -2.30. The molecule has 1 atom stereocenters. The Morgan fingerprint density at radius 3 is 2.48 bits per heavy atom. The van der Waals surface area contributed by atoms with Crippen LogP contribution in [0, 0.1) is 5.41 Å². The molecule has 1 fully saturated rings. The maximum Gasteiger partial charge on any atom is 0.225 e. The second-order valence-electron chi connectivity index (χ2n) is 7.30. The molecule has 1 heterocycles. The smallest absolute Gasteiger partial charge is 0.225 e. The molecule has 1 saturated carbocycles. The third-order valence-electron chi connectivity index (χ3n) is 4.39. The molecule has 21 heavy (non-hydrogen) atoms. The molecule has 0 spiro atoms. The number of aliphatic hydroxyl groups excluding tert-OH is 1. The number of rotatable bonds is 4. The molecule has 4 heteroatoms. The molecule has 2 rings (SSSR count). The molecule has 1 aromatic rings. The maximum absolute atomic E-state index is 12.2. The van der Waals surface area contributed by atoms with Crippen LogP contribution in [0.5, 0.6) is 0 Å². The van der Waals surface area contributed by atoms with Crippen molar-refractivity contribution in [2.24, 2.45) is 5.41 Å². The number of aliphatic hydroxyl groups is 1. The zero-order chi connectivity index (χ0) is 15.7. The van der Waals surface area contributed by atoms with Gasteiger partial charge in [-0.2, -0.15) is 0 Å². The zero-order valence-corrected chi connectivity index (χ0v) is 14.3. The Labute approximate surface area is 131 Å². The highest BCUT2D eigenvalue weighted by Gasteiger charge is 2.38. The number of carbonyl (C=O) groups excluding carboxylic acids is 1. The highest BCUT2D eigenvalue weighted by Crippen LogP contribution is 2.44. The molecule has 0 aliphatic heterocycles. The van der Waals surface area contributed by atoms with Gasteiger partial charge in [0, 0.05) is 27.1 Å². The minimum absolute atomic E-state index is 0.0682.